The van der Waals surface area contributed by atoms with Gasteiger partial charge < -0.3 is 4.74 Å². The van der Waals surface area contributed by atoms with Crippen LogP contribution in [0.15, 0.2) is 27.1 Å². The summed E-state index contributed by atoms with van der Waals surface area (Å²) in [6.45, 7) is 1.78. The Morgan fingerprint density at radius 3 is 2.57 bits per heavy atom. The molecule has 1 fully saturated rings. The van der Waals surface area contributed by atoms with Crippen molar-refractivity contribution in [1.82, 2.24) is 0 Å². The molecule has 1 saturated heterocycles. The van der Waals surface area contributed by atoms with Crippen molar-refractivity contribution >= 4 is 31.9 Å². The third-order valence-corrected chi connectivity index (χ3v) is 4.72. The second kappa shape index (κ2) is 4.77. The van der Waals surface area contributed by atoms with Gasteiger partial charge in [-0.05, 0) is 62.2 Å². The van der Waals surface area contributed by atoms with Crippen molar-refractivity contribution in [2.45, 2.75) is 18.8 Å². The van der Waals surface area contributed by atoms with Crippen LogP contribution in [0.4, 0.5) is 0 Å². The lowest BCUT2D eigenvalue weighted by Crippen LogP contribution is -2.14. The molecule has 0 N–H and O–H groups in total. The molecule has 1 heterocycles. The average molecular weight is 320 g/mol. The molecule has 1 nitrogen and oxygen atoms in total. The highest BCUT2D eigenvalue weighted by Crippen LogP contribution is 2.35. The summed E-state index contributed by atoms with van der Waals surface area (Å²) in [5.41, 5.74) is 1.41. The van der Waals surface area contributed by atoms with Crippen LogP contribution in [0.1, 0.15) is 24.3 Å². The van der Waals surface area contributed by atoms with Gasteiger partial charge in [0, 0.05) is 22.2 Å². The van der Waals surface area contributed by atoms with Crippen LogP contribution in [0.25, 0.3) is 0 Å². The van der Waals surface area contributed by atoms with Gasteiger partial charge in [0.25, 0.3) is 0 Å². The molecule has 0 aromatic heterocycles. The Hall–Kier alpha value is 0.140. The van der Waals surface area contributed by atoms with E-state index < -0.39 is 0 Å². The van der Waals surface area contributed by atoms with E-state index in [0.29, 0.717) is 5.92 Å². The van der Waals surface area contributed by atoms with E-state index in [0.717, 1.165) is 30.5 Å². The Bertz CT molecular complexity index is 319. The highest BCUT2D eigenvalue weighted by Gasteiger charge is 2.18. The Balaban J connectivity index is 2.26. The number of hydrogen-bond acceptors (Lipinski definition) is 1. The van der Waals surface area contributed by atoms with E-state index in [-0.39, 0.29) is 0 Å². The predicted molar refractivity (Wildman–Crippen MR) is 64.6 cm³/mol. The molecule has 2 rings (SSSR count). The van der Waals surface area contributed by atoms with E-state index in [1.54, 1.807) is 0 Å². The number of ether oxygens (including phenoxy) is 1. The van der Waals surface area contributed by atoms with Gasteiger partial charge in [0.1, 0.15) is 0 Å². The second-order valence-corrected chi connectivity index (χ2v) is 5.18. The first kappa shape index (κ1) is 10.7. The average Bonchev–Trinajstić information content (AvgIpc) is 2.23. The molecule has 14 heavy (non-hydrogen) atoms. The molecule has 0 spiro atoms. The minimum Gasteiger partial charge on any atom is -0.381 e. The van der Waals surface area contributed by atoms with Crippen LogP contribution in [-0.2, 0) is 4.74 Å². The fourth-order valence-corrected chi connectivity index (χ4v) is 2.81. The SMILES string of the molecule is Brc1cccc(C2CCOCC2)c1Br. The monoisotopic (exact) mass is 318 g/mol. The first-order chi connectivity index (χ1) is 6.79. The zero-order valence-electron chi connectivity index (χ0n) is 7.80. The summed E-state index contributed by atoms with van der Waals surface area (Å²) in [4.78, 5) is 0. The Kier molecular flexibility index (Phi) is 3.63. The van der Waals surface area contributed by atoms with Crippen molar-refractivity contribution in [3.8, 4) is 0 Å². The molecule has 76 valence electrons. The summed E-state index contributed by atoms with van der Waals surface area (Å²) in [6.07, 6.45) is 2.27. The molecule has 3 heteroatoms. The standard InChI is InChI=1S/C11H12Br2O/c12-10-3-1-2-9(11(10)13)8-4-6-14-7-5-8/h1-3,8H,4-7H2. The van der Waals surface area contributed by atoms with Crippen LogP contribution in [0.3, 0.4) is 0 Å². The van der Waals surface area contributed by atoms with Crippen molar-refractivity contribution in [2.75, 3.05) is 13.2 Å². The zero-order chi connectivity index (χ0) is 9.97. The van der Waals surface area contributed by atoms with E-state index in [2.05, 4.69) is 50.1 Å². The highest BCUT2D eigenvalue weighted by atomic mass is 79.9. The van der Waals surface area contributed by atoms with E-state index in [9.17, 15) is 0 Å². The fourth-order valence-electron chi connectivity index (χ4n) is 1.84. The number of hydrogen-bond donors (Lipinski definition) is 0. The van der Waals surface area contributed by atoms with Gasteiger partial charge in [-0.25, -0.2) is 0 Å². The van der Waals surface area contributed by atoms with Gasteiger partial charge in [-0.2, -0.15) is 0 Å². The molecule has 0 amide bonds. The van der Waals surface area contributed by atoms with Crippen molar-refractivity contribution in [3.05, 3.63) is 32.7 Å². The number of halogens is 2. The predicted octanol–water partition coefficient (Wildman–Crippen LogP) is 4.11. The van der Waals surface area contributed by atoms with Crippen molar-refractivity contribution in [2.24, 2.45) is 0 Å². The summed E-state index contributed by atoms with van der Waals surface area (Å²) < 4.78 is 7.71. The maximum atomic E-state index is 5.36. The molecule has 0 unspecified atom stereocenters. The van der Waals surface area contributed by atoms with E-state index in [1.165, 1.54) is 10.0 Å². The van der Waals surface area contributed by atoms with Crippen molar-refractivity contribution < 1.29 is 4.74 Å². The fraction of sp³-hybridized carbons (Fsp3) is 0.455. The minimum absolute atomic E-state index is 0.649. The molecular weight excluding hydrogens is 308 g/mol. The first-order valence-electron chi connectivity index (χ1n) is 4.80. The molecule has 0 radical (unpaired) electrons. The van der Waals surface area contributed by atoms with Crippen LogP contribution in [0, 0.1) is 0 Å². The summed E-state index contributed by atoms with van der Waals surface area (Å²) in [6, 6.07) is 6.36. The number of benzene rings is 1. The third kappa shape index (κ3) is 2.20. The lowest BCUT2D eigenvalue weighted by Gasteiger charge is -2.23. The summed E-state index contributed by atoms with van der Waals surface area (Å²) in [7, 11) is 0. The van der Waals surface area contributed by atoms with E-state index >= 15 is 0 Å². The summed E-state index contributed by atoms with van der Waals surface area (Å²) in [5, 5.41) is 0. The van der Waals surface area contributed by atoms with Crippen molar-refractivity contribution in [3.63, 3.8) is 0 Å². The largest absolute Gasteiger partial charge is 0.381 e. The molecular formula is C11H12Br2O. The van der Waals surface area contributed by atoms with Crippen LogP contribution < -0.4 is 0 Å². The highest BCUT2D eigenvalue weighted by molar-refractivity contribution is 9.13. The molecule has 1 aliphatic heterocycles. The Morgan fingerprint density at radius 2 is 1.86 bits per heavy atom. The van der Waals surface area contributed by atoms with E-state index in [4.69, 9.17) is 4.74 Å². The van der Waals surface area contributed by atoms with Gasteiger partial charge in [-0.3, -0.25) is 0 Å². The quantitative estimate of drug-likeness (QED) is 0.757. The van der Waals surface area contributed by atoms with Gasteiger partial charge >= 0.3 is 0 Å². The molecule has 1 aromatic carbocycles. The molecule has 0 atom stereocenters. The number of rotatable bonds is 1. The normalized spacial score (nSPS) is 18.4. The Morgan fingerprint density at radius 1 is 1.14 bits per heavy atom. The first-order valence-corrected chi connectivity index (χ1v) is 6.39. The zero-order valence-corrected chi connectivity index (χ0v) is 11.0. The molecule has 0 saturated carbocycles. The van der Waals surface area contributed by atoms with Gasteiger partial charge in [0.15, 0.2) is 0 Å². The van der Waals surface area contributed by atoms with Gasteiger partial charge in [0.05, 0.1) is 0 Å². The third-order valence-electron chi connectivity index (χ3n) is 2.64. The minimum atomic E-state index is 0.649. The Labute approximate surface area is 101 Å². The van der Waals surface area contributed by atoms with Crippen LogP contribution in [-0.4, -0.2) is 13.2 Å². The van der Waals surface area contributed by atoms with Crippen LogP contribution in [0.5, 0.6) is 0 Å². The van der Waals surface area contributed by atoms with E-state index in [1.807, 2.05) is 0 Å². The van der Waals surface area contributed by atoms with Crippen LogP contribution >= 0.6 is 31.9 Å². The van der Waals surface area contributed by atoms with Gasteiger partial charge in [-0.15, -0.1) is 0 Å². The van der Waals surface area contributed by atoms with Gasteiger partial charge in [0.2, 0.25) is 0 Å². The molecule has 0 aliphatic carbocycles. The smallest absolute Gasteiger partial charge is 0.0471 e. The summed E-state index contributed by atoms with van der Waals surface area (Å²) >= 11 is 7.16. The lowest BCUT2D eigenvalue weighted by atomic mass is 9.92. The molecule has 1 aliphatic rings. The van der Waals surface area contributed by atoms with Gasteiger partial charge in [-0.1, -0.05) is 12.1 Å². The van der Waals surface area contributed by atoms with Crippen molar-refractivity contribution in [1.29, 1.82) is 0 Å². The maximum Gasteiger partial charge on any atom is 0.0471 e. The summed E-state index contributed by atoms with van der Waals surface area (Å²) in [5.74, 6) is 0.649. The molecule has 1 aromatic rings. The molecule has 0 bridgehead atoms. The second-order valence-electron chi connectivity index (χ2n) is 3.53. The maximum absolute atomic E-state index is 5.36. The van der Waals surface area contributed by atoms with Crippen LogP contribution in [0.2, 0.25) is 0 Å². The topological polar surface area (TPSA) is 9.23 Å². The lowest BCUT2D eigenvalue weighted by molar-refractivity contribution is 0.0852.